The van der Waals surface area contributed by atoms with Gasteiger partial charge in [-0.05, 0) is 128 Å². The third kappa shape index (κ3) is 37.9. The number of unbranched alkanes of at least 4 members (excludes halogenated alkanes) is 21. The minimum absolute atomic E-state index is 0.0858. The molecule has 0 radical (unpaired) electrons. The summed E-state index contributed by atoms with van der Waals surface area (Å²) >= 11 is 0. The lowest BCUT2D eigenvalue weighted by Crippen LogP contribution is -2.11. The predicted octanol–water partition coefficient (Wildman–Crippen LogP) is 15.0. The number of rotatable bonds is 43. The van der Waals surface area contributed by atoms with Crippen LogP contribution in [0.5, 0.6) is 11.5 Å². The van der Waals surface area contributed by atoms with Crippen LogP contribution in [0.3, 0.4) is 0 Å². The number of allylic oxidation sites excluding steroid dienone is 6. The topological polar surface area (TPSA) is 74.3 Å². The first kappa shape index (κ1) is 55.0. The second-order valence-corrected chi connectivity index (χ2v) is 16.9. The molecule has 0 N–H and O–H groups in total. The Kier molecular flexibility index (Phi) is 39.0. The first-order chi connectivity index (χ1) is 29.4. The van der Waals surface area contributed by atoms with Gasteiger partial charge >= 0.3 is 11.9 Å². The molecule has 0 spiro atoms. The van der Waals surface area contributed by atoms with Crippen LogP contribution < -0.4 is 9.47 Å². The SMILES string of the molecule is CCCCC/C=C\CC=CCCCCCCCC(=O)OCCCCOc1cc(CN(C)C)cc(OCCCCOC(=O)CCCCCCC/C=C\CCCCCCCC)c1. The molecule has 0 saturated carbocycles. The molecule has 0 atom stereocenters. The minimum atomic E-state index is -0.0910. The van der Waals surface area contributed by atoms with Crippen LogP contribution in [0, 0.1) is 0 Å². The molecule has 344 valence electrons. The van der Waals surface area contributed by atoms with Crippen molar-refractivity contribution in [3.8, 4) is 11.5 Å². The van der Waals surface area contributed by atoms with Crippen molar-refractivity contribution in [2.45, 2.75) is 213 Å². The number of ether oxygens (including phenoxy) is 4. The Bertz CT molecular complexity index is 1220. The molecule has 0 saturated heterocycles. The summed E-state index contributed by atoms with van der Waals surface area (Å²) in [5.74, 6) is 1.39. The van der Waals surface area contributed by atoms with Gasteiger partial charge in [0.2, 0.25) is 0 Å². The third-order valence-corrected chi connectivity index (χ3v) is 10.6. The van der Waals surface area contributed by atoms with E-state index >= 15 is 0 Å². The van der Waals surface area contributed by atoms with E-state index in [9.17, 15) is 9.59 Å². The summed E-state index contributed by atoms with van der Waals surface area (Å²) in [6.07, 6.45) is 47.2. The standard InChI is InChI=1S/C53H91NO6/c1-5-7-9-11-13-15-17-19-21-23-25-27-29-31-33-39-52(55)59-43-37-35-41-57-50-45-49(48-54(3)4)46-51(47-50)58-42-36-38-44-60-53(56)40-34-32-30-28-26-24-22-20-18-16-14-12-10-8-6-2/h13,15,19-22,45-47H,5-12,14,16-18,23-44,48H2,1-4H3/b15-13-,21-19?,22-20-. The van der Waals surface area contributed by atoms with Gasteiger partial charge in [0.05, 0.1) is 26.4 Å². The van der Waals surface area contributed by atoms with Crippen molar-refractivity contribution < 1.29 is 28.5 Å². The third-order valence-electron chi connectivity index (χ3n) is 10.6. The highest BCUT2D eigenvalue weighted by Crippen LogP contribution is 2.24. The summed E-state index contributed by atoms with van der Waals surface area (Å²) in [5.41, 5.74) is 1.12. The smallest absolute Gasteiger partial charge is 0.305 e. The number of carbonyl (C=O) groups excluding carboxylic acids is 2. The van der Waals surface area contributed by atoms with Gasteiger partial charge in [0.25, 0.3) is 0 Å². The van der Waals surface area contributed by atoms with Crippen molar-refractivity contribution in [2.75, 3.05) is 40.5 Å². The van der Waals surface area contributed by atoms with E-state index in [0.717, 1.165) is 87.8 Å². The second-order valence-electron chi connectivity index (χ2n) is 16.9. The zero-order valence-electron chi connectivity index (χ0n) is 39.3. The molecule has 0 aliphatic carbocycles. The quantitative estimate of drug-likeness (QED) is 0.0368. The van der Waals surface area contributed by atoms with E-state index in [2.05, 4.69) is 67.3 Å². The lowest BCUT2D eigenvalue weighted by atomic mass is 10.1. The molecule has 1 aromatic carbocycles. The van der Waals surface area contributed by atoms with Gasteiger partial charge in [0.1, 0.15) is 11.5 Å². The van der Waals surface area contributed by atoms with E-state index in [0.29, 0.717) is 39.3 Å². The Hall–Kier alpha value is -3.06. The van der Waals surface area contributed by atoms with Crippen LogP contribution >= 0.6 is 0 Å². The van der Waals surface area contributed by atoms with Crippen molar-refractivity contribution in [3.05, 3.63) is 60.2 Å². The zero-order chi connectivity index (χ0) is 43.4. The van der Waals surface area contributed by atoms with Crippen molar-refractivity contribution >= 4 is 11.9 Å². The summed E-state index contributed by atoms with van der Waals surface area (Å²) in [4.78, 5) is 26.5. The molecule has 60 heavy (non-hydrogen) atoms. The van der Waals surface area contributed by atoms with Crippen LogP contribution in [0.25, 0.3) is 0 Å². The highest BCUT2D eigenvalue weighted by atomic mass is 16.5. The minimum Gasteiger partial charge on any atom is -0.493 e. The molecule has 0 fully saturated rings. The monoisotopic (exact) mass is 838 g/mol. The van der Waals surface area contributed by atoms with Gasteiger partial charge in [-0.15, -0.1) is 0 Å². The van der Waals surface area contributed by atoms with E-state index < -0.39 is 0 Å². The van der Waals surface area contributed by atoms with Gasteiger partial charge in [-0.2, -0.15) is 0 Å². The summed E-state index contributed by atoms with van der Waals surface area (Å²) < 4.78 is 23.1. The van der Waals surface area contributed by atoms with Crippen LogP contribution in [0.1, 0.15) is 212 Å². The summed E-state index contributed by atoms with van der Waals surface area (Å²) in [5, 5.41) is 0. The Morgan fingerprint density at radius 1 is 0.450 bits per heavy atom. The van der Waals surface area contributed by atoms with Crippen LogP contribution in [-0.2, 0) is 25.6 Å². The fourth-order valence-corrected chi connectivity index (χ4v) is 6.98. The van der Waals surface area contributed by atoms with Gasteiger partial charge in [-0.1, -0.05) is 134 Å². The molecule has 0 heterocycles. The Morgan fingerprint density at radius 3 is 1.27 bits per heavy atom. The maximum atomic E-state index is 12.2. The summed E-state index contributed by atoms with van der Waals surface area (Å²) in [6.45, 7) is 7.27. The number of nitrogens with zero attached hydrogens (tertiary/aromatic N) is 1. The van der Waals surface area contributed by atoms with Crippen LogP contribution in [0.2, 0.25) is 0 Å². The van der Waals surface area contributed by atoms with Gasteiger partial charge < -0.3 is 23.8 Å². The molecule has 1 rings (SSSR count). The van der Waals surface area contributed by atoms with Crippen molar-refractivity contribution in [1.82, 2.24) is 4.90 Å². The van der Waals surface area contributed by atoms with Gasteiger partial charge in [-0.3, -0.25) is 9.59 Å². The van der Waals surface area contributed by atoms with Gasteiger partial charge in [-0.25, -0.2) is 0 Å². The summed E-state index contributed by atoms with van der Waals surface area (Å²) in [6, 6.07) is 6.07. The number of hydrogen-bond donors (Lipinski definition) is 0. The largest absolute Gasteiger partial charge is 0.493 e. The van der Waals surface area contributed by atoms with E-state index in [1.807, 2.05) is 20.2 Å². The molecule has 0 aliphatic rings. The van der Waals surface area contributed by atoms with Gasteiger partial charge in [0, 0.05) is 25.5 Å². The zero-order valence-corrected chi connectivity index (χ0v) is 39.3. The highest BCUT2D eigenvalue weighted by molar-refractivity contribution is 5.69. The van der Waals surface area contributed by atoms with Crippen molar-refractivity contribution in [1.29, 1.82) is 0 Å². The number of hydrogen-bond acceptors (Lipinski definition) is 7. The lowest BCUT2D eigenvalue weighted by molar-refractivity contribution is -0.144. The molecule has 0 aliphatic heterocycles. The normalized spacial score (nSPS) is 11.8. The predicted molar refractivity (Wildman–Crippen MR) is 254 cm³/mol. The van der Waals surface area contributed by atoms with E-state index in [4.69, 9.17) is 18.9 Å². The Labute approximate surface area is 369 Å². The molecule has 7 heteroatoms. The molecule has 1 aromatic rings. The maximum Gasteiger partial charge on any atom is 0.305 e. The van der Waals surface area contributed by atoms with Crippen LogP contribution in [-0.4, -0.2) is 57.4 Å². The average Bonchev–Trinajstić information content (AvgIpc) is 3.23. The average molecular weight is 838 g/mol. The number of benzene rings is 1. The molecular weight excluding hydrogens is 747 g/mol. The molecule has 7 nitrogen and oxygen atoms in total. The Balaban J connectivity index is 2.09. The lowest BCUT2D eigenvalue weighted by Gasteiger charge is -2.15. The molecular formula is C53H91NO6. The number of esters is 2. The van der Waals surface area contributed by atoms with Crippen molar-refractivity contribution in [3.63, 3.8) is 0 Å². The Morgan fingerprint density at radius 2 is 0.817 bits per heavy atom. The van der Waals surface area contributed by atoms with Crippen LogP contribution in [0.4, 0.5) is 0 Å². The first-order valence-corrected chi connectivity index (χ1v) is 24.7. The first-order valence-electron chi connectivity index (χ1n) is 24.7. The maximum absolute atomic E-state index is 12.2. The molecule has 0 bridgehead atoms. The van der Waals surface area contributed by atoms with E-state index in [1.165, 1.54) is 116 Å². The van der Waals surface area contributed by atoms with Gasteiger partial charge in [0.15, 0.2) is 0 Å². The fourth-order valence-electron chi connectivity index (χ4n) is 6.98. The fraction of sp³-hybridized carbons (Fsp3) is 0.736. The summed E-state index contributed by atoms with van der Waals surface area (Å²) in [7, 11) is 4.09. The van der Waals surface area contributed by atoms with E-state index in [-0.39, 0.29) is 11.9 Å². The number of carbonyl (C=O) groups is 2. The molecule has 0 unspecified atom stereocenters. The molecule has 0 amide bonds. The van der Waals surface area contributed by atoms with E-state index in [1.54, 1.807) is 0 Å². The molecule has 0 aromatic heterocycles. The van der Waals surface area contributed by atoms with Crippen molar-refractivity contribution in [2.24, 2.45) is 0 Å². The second kappa shape index (κ2) is 42.6. The van der Waals surface area contributed by atoms with Crippen LogP contribution in [0.15, 0.2) is 54.7 Å². The highest BCUT2D eigenvalue weighted by Gasteiger charge is 2.07.